The maximum absolute atomic E-state index is 12.8. The van der Waals surface area contributed by atoms with E-state index in [4.69, 9.17) is 0 Å². The van der Waals surface area contributed by atoms with Gasteiger partial charge in [-0.15, -0.1) is 0 Å². The van der Waals surface area contributed by atoms with Gasteiger partial charge in [-0.1, -0.05) is 69.7 Å². The van der Waals surface area contributed by atoms with E-state index >= 15 is 0 Å². The number of aryl methyl sites for hydroxylation is 3. The quantitative estimate of drug-likeness (QED) is 0.242. The number of hydrogen-bond donors (Lipinski definition) is 0. The topological polar surface area (TPSA) is 60.7 Å². The van der Waals surface area contributed by atoms with Crippen molar-refractivity contribution in [3.8, 4) is 0 Å². The maximum Gasteiger partial charge on any atom is 0.277 e. The maximum atomic E-state index is 12.8. The highest BCUT2D eigenvalue weighted by Crippen LogP contribution is 2.22. The first-order valence-corrected chi connectivity index (χ1v) is 12.1. The number of aromatic nitrogens is 4. The zero-order valence-electron chi connectivity index (χ0n) is 17.7. The van der Waals surface area contributed by atoms with Gasteiger partial charge < -0.3 is 4.57 Å². The molecule has 0 amide bonds. The van der Waals surface area contributed by atoms with E-state index in [1.165, 1.54) is 23.0 Å². The van der Waals surface area contributed by atoms with Gasteiger partial charge in [-0.05, 0) is 42.2 Å². The van der Waals surface area contributed by atoms with Gasteiger partial charge in [0, 0.05) is 47.3 Å². The molecule has 0 fully saturated rings. The second-order valence-corrected chi connectivity index (χ2v) is 9.48. The highest BCUT2D eigenvalue weighted by Gasteiger charge is 2.11. The van der Waals surface area contributed by atoms with Gasteiger partial charge in [0.25, 0.3) is 5.56 Å². The first-order valence-electron chi connectivity index (χ1n) is 10.3. The predicted octanol–water partition coefficient (Wildman–Crippen LogP) is 5.23. The van der Waals surface area contributed by atoms with Gasteiger partial charge in [-0.3, -0.25) is 4.79 Å². The molecule has 2 heterocycles. The summed E-state index contributed by atoms with van der Waals surface area (Å²) in [5.41, 5.74) is 5.03. The number of nitrogens with zero attached hydrogens (tertiary/aromatic N) is 4. The third-order valence-corrected chi connectivity index (χ3v) is 6.67. The van der Waals surface area contributed by atoms with E-state index in [-0.39, 0.29) is 5.56 Å². The molecule has 0 unspecified atom stereocenters. The zero-order valence-corrected chi connectivity index (χ0v) is 20.1. The Morgan fingerprint density at radius 1 is 0.938 bits per heavy atom. The zero-order chi connectivity index (χ0) is 22.3. The van der Waals surface area contributed by atoms with Crippen LogP contribution in [0.5, 0.6) is 0 Å². The Hall–Kier alpha value is -2.77. The van der Waals surface area contributed by atoms with Crippen LogP contribution in [0.3, 0.4) is 0 Å². The second kappa shape index (κ2) is 10.7. The summed E-state index contributed by atoms with van der Waals surface area (Å²) in [5.74, 6) is 0.761. The molecule has 0 aliphatic heterocycles. The SMILES string of the molecule is Cc1ccc(CSc2nc(=O)c(Cc3cncnc3)cn2CCc2ccc(Br)cc2)cc1. The fraction of sp³-hybridized carbons (Fsp3) is 0.200. The van der Waals surface area contributed by atoms with E-state index < -0.39 is 0 Å². The lowest BCUT2D eigenvalue weighted by molar-refractivity contribution is 0.595. The van der Waals surface area contributed by atoms with Crippen LogP contribution in [0, 0.1) is 6.92 Å². The summed E-state index contributed by atoms with van der Waals surface area (Å²) < 4.78 is 3.16. The highest BCUT2D eigenvalue weighted by molar-refractivity contribution is 9.10. The van der Waals surface area contributed by atoms with Crippen molar-refractivity contribution in [2.75, 3.05) is 0 Å². The number of hydrogen-bond acceptors (Lipinski definition) is 5. The van der Waals surface area contributed by atoms with Crippen LogP contribution < -0.4 is 5.56 Å². The van der Waals surface area contributed by atoms with Gasteiger partial charge in [-0.25, -0.2) is 9.97 Å². The average Bonchev–Trinajstić information content (AvgIpc) is 2.81. The summed E-state index contributed by atoms with van der Waals surface area (Å²) in [4.78, 5) is 25.3. The van der Waals surface area contributed by atoms with E-state index in [1.807, 2.05) is 18.3 Å². The monoisotopic (exact) mass is 506 g/mol. The van der Waals surface area contributed by atoms with Crippen molar-refractivity contribution in [1.82, 2.24) is 19.5 Å². The second-order valence-electron chi connectivity index (χ2n) is 7.62. The van der Waals surface area contributed by atoms with E-state index in [0.717, 1.165) is 33.9 Å². The molecule has 2 aromatic carbocycles. The largest absolute Gasteiger partial charge is 0.327 e. The van der Waals surface area contributed by atoms with Gasteiger partial charge in [0.1, 0.15) is 6.33 Å². The lowest BCUT2D eigenvalue weighted by Gasteiger charge is -2.14. The Bertz CT molecular complexity index is 1230. The van der Waals surface area contributed by atoms with Crippen molar-refractivity contribution in [3.05, 3.63) is 116 Å². The normalized spacial score (nSPS) is 10.9. The molecule has 7 heteroatoms. The summed E-state index contributed by atoms with van der Waals surface area (Å²) >= 11 is 5.08. The summed E-state index contributed by atoms with van der Waals surface area (Å²) in [5, 5.41) is 0.737. The molecule has 0 spiro atoms. The van der Waals surface area contributed by atoms with Gasteiger partial charge in [-0.2, -0.15) is 4.98 Å². The number of rotatable bonds is 8. The number of thioether (sulfide) groups is 1. The standard InChI is InChI=1S/C25H23BrN4OS/c1-18-2-4-20(5-3-18)16-32-25-29-24(31)22(12-21-13-27-17-28-14-21)15-30(25)11-10-19-6-8-23(26)9-7-19/h2-9,13-15,17H,10-12,16H2,1H3. The van der Waals surface area contributed by atoms with Crippen LogP contribution in [0.2, 0.25) is 0 Å². The van der Waals surface area contributed by atoms with E-state index in [1.54, 1.807) is 24.2 Å². The molecule has 0 radical (unpaired) electrons. The average molecular weight is 507 g/mol. The minimum atomic E-state index is -0.194. The third kappa shape index (κ3) is 6.14. The van der Waals surface area contributed by atoms with Crippen molar-refractivity contribution in [2.45, 2.75) is 37.2 Å². The van der Waals surface area contributed by atoms with Gasteiger partial charge >= 0.3 is 0 Å². The minimum Gasteiger partial charge on any atom is -0.327 e. The Morgan fingerprint density at radius 2 is 1.62 bits per heavy atom. The fourth-order valence-corrected chi connectivity index (χ4v) is 4.50. The number of halogens is 1. The molecule has 0 aliphatic rings. The van der Waals surface area contributed by atoms with Gasteiger partial charge in [0.15, 0.2) is 5.16 Å². The number of benzene rings is 2. The van der Waals surface area contributed by atoms with Crippen molar-refractivity contribution in [2.24, 2.45) is 0 Å². The molecule has 0 atom stereocenters. The molecule has 0 bridgehead atoms. The van der Waals surface area contributed by atoms with Crippen LogP contribution in [-0.4, -0.2) is 19.5 Å². The summed E-state index contributed by atoms with van der Waals surface area (Å²) in [6, 6.07) is 16.8. The molecular weight excluding hydrogens is 484 g/mol. The molecule has 5 nitrogen and oxygen atoms in total. The van der Waals surface area contributed by atoms with Crippen LogP contribution >= 0.6 is 27.7 Å². The highest BCUT2D eigenvalue weighted by atomic mass is 79.9. The molecule has 0 saturated heterocycles. The third-order valence-electron chi connectivity index (χ3n) is 5.08. The van der Waals surface area contributed by atoms with Gasteiger partial charge in [0.05, 0.1) is 0 Å². The molecular formula is C25H23BrN4OS. The minimum absolute atomic E-state index is 0.194. The summed E-state index contributed by atoms with van der Waals surface area (Å²) in [6.07, 6.45) is 8.22. The van der Waals surface area contributed by atoms with Crippen LogP contribution in [0.25, 0.3) is 0 Å². The summed E-state index contributed by atoms with van der Waals surface area (Å²) in [7, 11) is 0. The van der Waals surface area contributed by atoms with Crippen molar-refractivity contribution in [1.29, 1.82) is 0 Å². The molecule has 2 aromatic heterocycles. The predicted molar refractivity (Wildman–Crippen MR) is 132 cm³/mol. The first kappa shape index (κ1) is 22.4. The lowest BCUT2D eigenvalue weighted by Crippen LogP contribution is -2.20. The van der Waals surface area contributed by atoms with Crippen molar-refractivity contribution < 1.29 is 0 Å². The smallest absolute Gasteiger partial charge is 0.277 e. The lowest BCUT2D eigenvalue weighted by atomic mass is 10.1. The molecule has 162 valence electrons. The molecule has 0 aliphatic carbocycles. The first-order chi connectivity index (χ1) is 15.6. The Balaban J connectivity index is 1.58. The Labute approximate surface area is 200 Å². The van der Waals surface area contributed by atoms with Crippen LogP contribution in [0.4, 0.5) is 0 Å². The molecule has 0 N–H and O–H groups in total. The summed E-state index contributed by atoms with van der Waals surface area (Å²) in [6.45, 7) is 2.82. The molecule has 4 rings (SSSR count). The van der Waals surface area contributed by atoms with Crippen LogP contribution in [0.15, 0.2) is 87.9 Å². The van der Waals surface area contributed by atoms with E-state index in [0.29, 0.717) is 12.0 Å². The van der Waals surface area contributed by atoms with E-state index in [2.05, 4.69) is 78.8 Å². The Kier molecular flexibility index (Phi) is 7.50. The van der Waals surface area contributed by atoms with Crippen molar-refractivity contribution >= 4 is 27.7 Å². The van der Waals surface area contributed by atoms with Crippen LogP contribution in [-0.2, 0) is 25.1 Å². The Morgan fingerprint density at radius 3 is 2.34 bits per heavy atom. The van der Waals surface area contributed by atoms with Crippen molar-refractivity contribution in [3.63, 3.8) is 0 Å². The molecule has 0 saturated carbocycles. The van der Waals surface area contributed by atoms with Gasteiger partial charge in [0.2, 0.25) is 0 Å². The van der Waals surface area contributed by atoms with E-state index in [9.17, 15) is 4.79 Å². The molecule has 32 heavy (non-hydrogen) atoms. The fourth-order valence-electron chi connectivity index (χ4n) is 3.29. The molecule has 4 aromatic rings. The van der Waals surface area contributed by atoms with Crippen LogP contribution in [0.1, 0.15) is 27.8 Å².